The van der Waals surface area contributed by atoms with E-state index in [2.05, 4.69) is 32.4 Å². The summed E-state index contributed by atoms with van der Waals surface area (Å²) >= 11 is 5.02. The summed E-state index contributed by atoms with van der Waals surface area (Å²) in [7, 11) is 1.97. The SMILES string of the molecule is Cc1nc(CN(C)c2ccc(Br)cc2C#N)cs1. The van der Waals surface area contributed by atoms with Crippen LogP contribution in [0.5, 0.6) is 0 Å². The molecule has 0 spiro atoms. The van der Waals surface area contributed by atoms with Crippen LogP contribution in [-0.2, 0) is 6.54 Å². The lowest BCUT2D eigenvalue weighted by molar-refractivity contribution is 0.888. The summed E-state index contributed by atoms with van der Waals surface area (Å²) in [6.07, 6.45) is 0. The zero-order chi connectivity index (χ0) is 13.1. The van der Waals surface area contributed by atoms with Crippen molar-refractivity contribution in [2.24, 2.45) is 0 Å². The zero-order valence-corrected chi connectivity index (χ0v) is 12.5. The number of hydrogen-bond acceptors (Lipinski definition) is 4. The van der Waals surface area contributed by atoms with Crippen LogP contribution in [0.2, 0.25) is 0 Å². The van der Waals surface area contributed by atoms with E-state index in [0.29, 0.717) is 12.1 Å². The second-order valence-electron chi connectivity index (χ2n) is 3.99. The minimum Gasteiger partial charge on any atom is -0.368 e. The van der Waals surface area contributed by atoms with Crippen molar-refractivity contribution < 1.29 is 0 Å². The van der Waals surface area contributed by atoms with Crippen molar-refractivity contribution >= 4 is 33.0 Å². The molecule has 0 N–H and O–H groups in total. The summed E-state index contributed by atoms with van der Waals surface area (Å²) in [5.74, 6) is 0. The fraction of sp³-hybridized carbons (Fsp3) is 0.231. The Balaban J connectivity index is 2.24. The maximum atomic E-state index is 9.15. The monoisotopic (exact) mass is 321 g/mol. The second kappa shape index (κ2) is 5.51. The molecule has 2 rings (SSSR count). The van der Waals surface area contributed by atoms with Crippen LogP contribution in [0.3, 0.4) is 0 Å². The molecule has 1 aromatic heterocycles. The van der Waals surface area contributed by atoms with Gasteiger partial charge in [0.25, 0.3) is 0 Å². The smallest absolute Gasteiger partial charge is 0.101 e. The fourth-order valence-corrected chi connectivity index (χ4v) is 2.70. The molecule has 1 aromatic carbocycles. The maximum Gasteiger partial charge on any atom is 0.101 e. The van der Waals surface area contributed by atoms with Gasteiger partial charge in [0.15, 0.2) is 0 Å². The number of hydrogen-bond donors (Lipinski definition) is 0. The maximum absolute atomic E-state index is 9.15. The molecule has 2 aromatic rings. The second-order valence-corrected chi connectivity index (χ2v) is 5.97. The Hall–Kier alpha value is -1.38. The molecule has 5 heteroatoms. The minimum atomic E-state index is 0.666. The van der Waals surface area contributed by atoms with Gasteiger partial charge >= 0.3 is 0 Å². The van der Waals surface area contributed by atoms with Crippen LogP contribution in [0, 0.1) is 18.3 Å². The first-order valence-corrected chi connectivity index (χ1v) is 7.09. The van der Waals surface area contributed by atoms with Gasteiger partial charge in [0.1, 0.15) is 6.07 Å². The average Bonchev–Trinajstić information content (AvgIpc) is 2.74. The van der Waals surface area contributed by atoms with E-state index < -0.39 is 0 Å². The Labute approximate surface area is 119 Å². The van der Waals surface area contributed by atoms with Crippen molar-refractivity contribution in [3.63, 3.8) is 0 Å². The van der Waals surface area contributed by atoms with Gasteiger partial charge in [-0.15, -0.1) is 11.3 Å². The molecule has 0 radical (unpaired) electrons. The standard InChI is InChI=1S/C13H12BrN3S/c1-9-16-12(8-18-9)7-17(2)13-4-3-11(14)5-10(13)6-15/h3-5,8H,7H2,1-2H3. The Bertz CT molecular complexity index is 601. The molecule has 3 nitrogen and oxygen atoms in total. The lowest BCUT2D eigenvalue weighted by Gasteiger charge is -2.19. The third kappa shape index (κ3) is 2.89. The first-order chi connectivity index (χ1) is 8.60. The highest BCUT2D eigenvalue weighted by Gasteiger charge is 2.09. The Kier molecular flexibility index (Phi) is 4.00. The molecule has 18 heavy (non-hydrogen) atoms. The third-order valence-electron chi connectivity index (χ3n) is 2.56. The van der Waals surface area contributed by atoms with E-state index in [1.165, 1.54) is 0 Å². The van der Waals surface area contributed by atoms with E-state index in [0.717, 1.165) is 20.9 Å². The summed E-state index contributed by atoms with van der Waals surface area (Å²) in [4.78, 5) is 6.48. The molecule has 0 atom stereocenters. The van der Waals surface area contributed by atoms with Crippen LogP contribution in [0.25, 0.3) is 0 Å². The molecular weight excluding hydrogens is 310 g/mol. The molecule has 0 bridgehead atoms. The van der Waals surface area contributed by atoms with Crippen molar-refractivity contribution in [3.8, 4) is 6.07 Å². The fourth-order valence-electron chi connectivity index (χ4n) is 1.74. The van der Waals surface area contributed by atoms with Gasteiger partial charge in [-0.05, 0) is 25.1 Å². The molecule has 0 aliphatic rings. The van der Waals surface area contributed by atoms with E-state index in [9.17, 15) is 0 Å². The van der Waals surface area contributed by atoms with E-state index in [4.69, 9.17) is 5.26 Å². The van der Waals surface area contributed by atoms with Gasteiger partial charge in [0.2, 0.25) is 0 Å². The molecular formula is C13H12BrN3S. The topological polar surface area (TPSA) is 39.9 Å². The highest BCUT2D eigenvalue weighted by atomic mass is 79.9. The summed E-state index contributed by atoms with van der Waals surface area (Å²) in [5, 5.41) is 12.3. The first kappa shape index (κ1) is 13.1. The van der Waals surface area contributed by atoms with Crippen molar-refractivity contribution in [3.05, 3.63) is 44.3 Å². The predicted molar refractivity (Wildman–Crippen MR) is 77.8 cm³/mol. The summed E-state index contributed by atoms with van der Waals surface area (Å²) in [6.45, 7) is 2.70. The largest absolute Gasteiger partial charge is 0.368 e. The molecule has 0 amide bonds. The summed E-state index contributed by atoms with van der Waals surface area (Å²) in [5.41, 5.74) is 2.62. The average molecular weight is 322 g/mol. The van der Waals surface area contributed by atoms with Crippen LogP contribution in [0.4, 0.5) is 5.69 Å². The molecule has 0 saturated heterocycles. The van der Waals surface area contributed by atoms with E-state index in [1.807, 2.05) is 37.1 Å². The van der Waals surface area contributed by atoms with Crippen molar-refractivity contribution in [2.45, 2.75) is 13.5 Å². The first-order valence-electron chi connectivity index (χ1n) is 5.42. The molecule has 0 aliphatic carbocycles. The Morgan fingerprint density at radius 3 is 2.89 bits per heavy atom. The summed E-state index contributed by atoms with van der Waals surface area (Å²) < 4.78 is 0.917. The van der Waals surface area contributed by atoms with Crippen LogP contribution < -0.4 is 4.90 Å². The zero-order valence-electron chi connectivity index (χ0n) is 10.1. The van der Waals surface area contributed by atoms with Gasteiger partial charge < -0.3 is 4.90 Å². The Morgan fingerprint density at radius 2 is 2.28 bits per heavy atom. The van der Waals surface area contributed by atoms with Gasteiger partial charge in [0, 0.05) is 16.9 Å². The van der Waals surface area contributed by atoms with Crippen molar-refractivity contribution in [1.82, 2.24) is 4.98 Å². The number of nitrogens with zero attached hydrogens (tertiary/aromatic N) is 3. The predicted octanol–water partition coefficient (Wildman–Crippen LogP) is 3.72. The lowest BCUT2D eigenvalue weighted by atomic mass is 10.2. The number of benzene rings is 1. The molecule has 0 unspecified atom stereocenters. The number of aromatic nitrogens is 1. The van der Waals surface area contributed by atoms with Gasteiger partial charge in [-0.25, -0.2) is 4.98 Å². The van der Waals surface area contributed by atoms with Crippen molar-refractivity contribution in [2.75, 3.05) is 11.9 Å². The van der Waals surface area contributed by atoms with Crippen LogP contribution in [0.1, 0.15) is 16.3 Å². The Morgan fingerprint density at radius 1 is 1.50 bits per heavy atom. The molecule has 0 aliphatic heterocycles. The minimum absolute atomic E-state index is 0.666. The van der Waals surface area contributed by atoms with Crippen LogP contribution >= 0.6 is 27.3 Å². The van der Waals surface area contributed by atoms with Gasteiger partial charge in [-0.2, -0.15) is 5.26 Å². The number of halogens is 1. The number of nitriles is 1. The summed E-state index contributed by atoms with van der Waals surface area (Å²) in [6, 6.07) is 7.94. The third-order valence-corrected chi connectivity index (χ3v) is 3.87. The number of thiazole rings is 1. The van der Waals surface area contributed by atoms with E-state index in [-0.39, 0.29) is 0 Å². The van der Waals surface area contributed by atoms with Gasteiger partial charge in [0.05, 0.1) is 28.5 Å². The van der Waals surface area contributed by atoms with Gasteiger partial charge in [-0.1, -0.05) is 15.9 Å². The number of aryl methyl sites for hydroxylation is 1. The highest BCUT2D eigenvalue weighted by Crippen LogP contribution is 2.24. The number of anilines is 1. The van der Waals surface area contributed by atoms with E-state index in [1.54, 1.807) is 11.3 Å². The normalized spacial score (nSPS) is 10.1. The quantitative estimate of drug-likeness (QED) is 0.864. The molecule has 0 saturated carbocycles. The highest BCUT2D eigenvalue weighted by molar-refractivity contribution is 9.10. The van der Waals surface area contributed by atoms with E-state index >= 15 is 0 Å². The number of rotatable bonds is 3. The van der Waals surface area contributed by atoms with Crippen LogP contribution in [0.15, 0.2) is 28.1 Å². The van der Waals surface area contributed by atoms with Crippen LogP contribution in [-0.4, -0.2) is 12.0 Å². The molecule has 1 heterocycles. The molecule has 92 valence electrons. The lowest BCUT2D eigenvalue weighted by Crippen LogP contribution is -2.17. The van der Waals surface area contributed by atoms with Crippen molar-refractivity contribution in [1.29, 1.82) is 5.26 Å². The van der Waals surface area contributed by atoms with Gasteiger partial charge in [-0.3, -0.25) is 0 Å². The molecule has 0 fully saturated rings.